The topological polar surface area (TPSA) is 112 Å². The Hall–Kier alpha value is -3.72. The first-order valence-electron chi connectivity index (χ1n) is 10.8. The van der Waals surface area contributed by atoms with Gasteiger partial charge in [0.2, 0.25) is 0 Å². The molecule has 2 saturated heterocycles. The molecule has 4 heterocycles. The van der Waals surface area contributed by atoms with Gasteiger partial charge < -0.3 is 24.6 Å². The second-order valence-corrected chi connectivity index (χ2v) is 8.63. The SMILES string of the molecule is CN1CC2CN(c3ccc(-c4ccc5c(ccn5C)c4)nn3)CC2C1.O=C(O)/C=C/C(=O)O. The second kappa shape index (κ2) is 9.41. The van der Waals surface area contributed by atoms with E-state index in [2.05, 4.69) is 81.3 Å². The summed E-state index contributed by atoms with van der Waals surface area (Å²) in [5.74, 6) is 0.0697. The molecule has 0 spiro atoms. The Kier molecular flexibility index (Phi) is 6.41. The van der Waals surface area contributed by atoms with E-state index in [0.717, 1.165) is 42.0 Å². The number of aliphatic carboxylic acids is 2. The number of carbonyl (C=O) groups is 2. The molecule has 2 aliphatic heterocycles. The Balaban J connectivity index is 0.000000281. The number of benzene rings is 1. The van der Waals surface area contributed by atoms with Crippen molar-refractivity contribution in [3.8, 4) is 11.3 Å². The van der Waals surface area contributed by atoms with Crippen LogP contribution in [0.25, 0.3) is 22.2 Å². The molecule has 33 heavy (non-hydrogen) atoms. The van der Waals surface area contributed by atoms with E-state index < -0.39 is 11.9 Å². The fraction of sp³-hybridized carbons (Fsp3) is 0.333. The van der Waals surface area contributed by atoms with Gasteiger partial charge in [0.15, 0.2) is 5.82 Å². The zero-order valence-corrected chi connectivity index (χ0v) is 18.6. The molecule has 2 aromatic heterocycles. The van der Waals surface area contributed by atoms with Crippen molar-refractivity contribution in [1.29, 1.82) is 0 Å². The molecule has 2 N–H and O–H groups in total. The van der Waals surface area contributed by atoms with E-state index in [0.29, 0.717) is 12.2 Å². The molecule has 0 radical (unpaired) electrons. The summed E-state index contributed by atoms with van der Waals surface area (Å²) in [6.07, 6.45) is 3.20. The van der Waals surface area contributed by atoms with Crippen LogP contribution in [0.2, 0.25) is 0 Å². The number of hydrogen-bond acceptors (Lipinski definition) is 6. The third-order valence-corrected chi connectivity index (χ3v) is 6.19. The molecule has 5 rings (SSSR count). The lowest BCUT2D eigenvalue weighted by atomic mass is 10.0. The number of carboxylic acids is 2. The zero-order valence-electron chi connectivity index (χ0n) is 18.6. The molecule has 1 aromatic carbocycles. The first-order chi connectivity index (χ1) is 15.8. The van der Waals surface area contributed by atoms with Crippen LogP contribution in [0.3, 0.4) is 0 Å². The van der Waals surface area contributed by atoms with E-state index in [1.165, 1.54) is 24.0 Å². The number of hydrogen-bond donors (Lipinski definition) is 2. The van der Waals surface area contributed by atoms with Crippen molar-refractivity contribution < 1.29 is 19.8 Å². The number of rotatable bonds is 4. The van der Waals surface area contributed by atoms with Crippen LogP contribution >= 0.6 is 0 Å². The molecule has 0 bridgehead atoms. The van der Waals surface area contributed by atoms with Crippen LogP contribution in [-0.4, -0.2) is 75.0 Å². The molecule has 2 atom stereocenters. The number of fused-ring (bicyclic) bond motifs is 2. The third-order valence-electron chi connectivity index (χ3n) is 6.19. The lowest BCUT2D eigenvalue weighted by Crippen LogP contribution is -2.27. The molecule has 9 nitrogen and oxygen atoms in total. The van der Waals surface area contributed by atoms with E-state index in [9.17, 15) is 9.59 Å². The number of carboxylic acid groups (broad SMARTS) is 2. The highest BCUT2D eigenvalue weighted by Crippen LogP contribution is 2.32. The van der Waals surface area contributed by atoms with Crippen molar-refractivity contribution in [1.82, 2.24) is 19.7 Å². The highest BCUT2D eigenvalue weighted by Gasteiger charge is 2.39. The van der Waals surface area contributed by atoms with Gasteiger partial charge in [-0.25, -0.2) is 9.59 Å². The van der Waals surface area contributed by atoms with Gasteiger partial charge in [0.05, 0.1) is 5.69 Å². The molecule has 0 saturated carbocycles. The van der Waals surface area contributed by atoms with Crippen LogP contribution in [-0.2, 0) is 16.6 Å². The predicted molar refractivity (Wildman–Crippen MR) is 125 cm³/mol. The molecule has 3 aromatic rings. The van der Waals surface area contributed by atoms with Gasteiger partial charge in [-0.15, -0.1) is 10.2 Å². The lowest BCUT2D eigenvalue weighted by molar-refractivity contribution is -0.134. The van der Waals surface area contributed by atoms with Crippen LogP contribution in [0.15, 0.2) is 54.7 Å². The van der Waals surface area contributed by atoms with Crippen LogP contribution in [0, 0.1) is 11.8 Å². The minimum Gasteiger partial charge on any atom is -0.478 e. The zero-order chi connectivity index (χ0) is 23.5. The fourth-order valence-corrected chi connectivity index (χ4v) is 4.65. The standard InChI is InChI=1S/C20H23N5.C4H4O4/c1-23-10-16-12-25(13-17(16)11-23)20-6-4-18(21-22-20)14-3-5-19-15(9-14)7-8-24(19)2;5-3(6)1-2-4(7)8/h3-9,16-17H,10-13H2,1-2H3;1-2H,(H,5,6)(H,7,8)/b;2-1+. The average Bonchev–Trinajstić information content (AvgIpc) is 3.45. The van der Waals surface area contributed by atoms with Crippen molar-refractivity contribution in [2.24, 2.45) is 18.9 Å². The van der Waals surface area contributed by atoms with Crippen molar-refractivity contribution in [2.75, 3.05) is 38.1 Å². The number of nitrogens with zero attached hydrogens (tertiary/aromatic N) is 5. The molecular weight excluding hydrogens is 422 g/mol. The molecule has 2 fully saturated rings. The van der Waals surface area contributed by atoms with E-state index in [1.54, 1.807) is 0 Å². The maximum absolute atomic E-state index is 9.55. The Morgan fingerprint density at radius 3 is 2.15 bits per heavy atom. The monoisotopic (exact) mass is 449 g/mol. The number of anilines is 1. The highest BCUT2D eigenvalue weighted by atomic mass is 16.4. The van der Waals surface area contributed by atoms with E-state index in [1.807, 2.05) is 0 Å². The fourth-order valence-electron chi connectivity index (χ4n) is 4.65. The van der Waals surface area contributed by atoms with E-state index >= 15 is 0 Å². The van der Waals surface area contributed by atoms with Crippen LogP contribution in [0.5, 0.6) is 0 Å². The van der Waals surface area contributed by atoms with Crippen molar-refractivity contribution >= 4 is 28.7 Å². The van der Waals surface area contributed by atoms with Gasteiger partial charge in [-0.05, 0) is 49.2 Å². The number of aromatic nitrogens is 3. The normalized spacial score (nSPS) is 20.1. The maximum atomic E-state index is 9.55. The Labute approximate surface area is 191 Å². The number of likely N-dealkylation sites (tertiary alicyclic amines) is 1. The molecule has 0 amide bonds. The van der Waals surface area contributed by atoms with Gasteiger partial charge >= 0.3 is 11.9 Å². The third kappa shape index (κ3) is 5.20. The molecule has 2 aliphatic rings. The average molecular weight is 450 g/mol. The summed E-state index contributed by atoms with van der Waals surface area (Å²) >= 11 is 0. The molecule has 172 valence electrons. The second-order valence-electron chi connectivity index (χ2n) is 8.63. The summed E-state index contributed by atoms with van der Waals surface area (Å²) in [5.41, 5.74) is 3.30. The molecule has 2 unspecified atom stereocenters. The molecular formula is C24H27N5O4. The Bertz CT molecular complexity index is 1160. The van der Waals surface area contributed by atoms with Crippen molar-refractivity contribution in [2.45, 2.75) is 0 Å². The highest BCUT2D eigenvalue weighted by molar-refractivity contribution is 5.89. The van der Waals surface area contributed by atoms with Crippen molar-refractivity contribution in [3.05, 3.63) is 54.7 Å². The van der Waals surface area contributed by atoms with Gasteiger partial charge in [0.25, 0.3) is 0 Å². The Morgan fingerprint density at radius 2 is 1.58 bits per heavy atom. The first kappa shape index (κ1) is 22.5. The minimum atomic E-state index is -1.26. The van der Waals surface area contributed by atoms with Gasteiger partial charge in [-0.2, -0.15) is 0 Å². The van der Waals surface area contributed by atoms with Gasteiger partial charge in [0.1, 0.15) is 0 Å². The number of aryl methyl sites for hydroxylation is 1. The van der Waals surface area contributed by atoms with Crippen LogP contribution < -0.4 is 4.90 Å². The summed E-state index contributed by atoms with van der Waals surface area (Å²) in [6, 6.07) is 12.8. The summed E-state index contributed by atoms with van der Waals surface area (Å²) in [6.45, 7) is 4.64. The summed E-state index contributed by atoms with van der Waals surface area (Å²) < 4.78 is 2.13. The van der Waals surface area contributed by atoms with Crippen LogP contribution in [0.1, 0.15) is 0 Å². The summed E-state index contributed by atoms with van der Waals surface area (Å²) in [5, 5.41) is 25.9. The summed E-state index contributed by atoms with van der Waals surface area (Å²) in [4.78, 5) is 24.0. The van der Waals surface area contributed by atoms with Gasteiger partial charge in [-0.1, -0.05) is 6.07 Å². The van der Waals surface area contributed by atoms with Gasteiger partial charge in [-0.3, -0.25) is 0 Å². The lowest BCUT2D eigenvalue weighted by Gasteiger charge is -2.19. The summed E-state index contributed by atoms with van der Waals surface area (Å²) in [7, 11) is 4.29. The van der Waals surface area contributed by atoms with Gasteiger partial charge in [0, 0.05) is 68.0 Å². The molecule has 9 heteroatoms. The van der Waals surface area contributed by atoms with E-state index in [4.69, 9.17) is 10.2 Å². The smallest absolute Gasteiger partial charge is 0.328 e. The van der Waals surface area contributed by atoms with E-state index in [-0.39, 0.29) is 0 Å². The maximum Gasteiger partial charge on any atom is 0.328 e. The first-order valence-corrected chi connectivity index (χ1v) is 10.8. The predicted octanol–water partition coefficient (Wildman–Crippen LogP) is 2.34. The van der Waals surface area contributed by atoms with Crippen molar-refractivity contribution in [3.63, 3.8) is 0 Å². The molecule has 0 aliphatic carbocycles. The largest absolute Gasteiger partial charge is 0.478 e. The minimum absolute atomic E-state index is 0.558. The Morgan fingerprint density at radius 1 is 0.909 bits per heavy atom. The van der Waals surface area contributed by atoms with Crippen LogP contribution in [0.4, 0.5) is 5.82 Å². The quantitative estimate of drug-likeness (QED) is 0.584.